The molecule has 0 radical (unpaired) electrons. The summed E-state index contributed by atoms with van der Waals surface area (Å²) in [6.07, 6.45) is -5.26. The molecule has 0 aromatic rings. The van der Waals surface area contributed by atoms with Crippen molar-refractivity contribution in [1.29, 1.82) is 0 Å². The smallest absolute Gasteiger partial charge is 0.462 e. The van der Waals surface area contributed by atoms with Gasteiger partial charge in [0.2, 0.25) is 0 Å². The van der Waals surface area contributed by atoms with Crippen molar-refractivity contribution in [2.45, 2.75) is 26.9 Å². The number of methoxy groups -OCH3 is 1. The van der Waals surface area contributed by atoms with Crippen LogP contribution in [0.25, 0.3) is 0 Å². The molecule has 134 valence electrons. The molecule has 12 heteroatoms. The number of hydrogen-bond acceptors (Lipinski definition) is 6. The summed E-state index contributed by atoms with van der Waals surface area (Å²) in [6.45, 7) is -1.21. The number of ether oxygens (including phenoxy) is 1. The molecule has 1 unspecified atom stereocenters. The first-order valence-electron chi connectivity index (χ1n) is 6.55. The quantitative estimate of drug-likeness (QED) is 0.401. The highest BCUT2D eigenvalue weighted by Gasteiger charge is 2.51. The van der Waals surface area contributed by atoms with Crippen molar-refractivity contribution in [3.8, 4) is 0 Å². The standard InChI is InChI=1S/C11H18F3N2O5PS/c1-5-15(8(17)9(18)21-4)22(20,23-7-3)16(6-2)10(19)11(12,13)14/h5-7H2,1-4H3. The highest BCUT2D eigenvalue weighted by atomic mass is 32.7. The van der Waals surface area contributed by atoms with Gasteiger partial charge in [0.25, 0.3) is 0 Å². The van der Waals surface area contributed by atoms with E-state index in [0.29, 0.717) is 16.1 Å². The first kappa shape index (κ1) is 21.8. The lowest BCUT2D eigenvalue weighted by Crippen LogP contribution is -2.45. The number of amides is 2. The second-order valence-corrected chi connectivity index (χ2v) is 8.92. The Morgan fingerprint density at radius 2 is 1.57 bits per heavy atom. The lowest BCUT2D eigenvalue weighted by Gasteiger charge is -2.36. The molecule has 2 amide bonds. The molecular formula is C11H18F3N2O5PS. The van der Waals surface area contributed by atoms with Gasteiger partial charge in [0.15, 0.2) is 0 Å². The molecule has 7 nitrogen and oxygen atoms in total. The Labute approximate surface area is 135 Å². The van der Waals surface area contributed by atoms with Gasteiger partial charge in [0, 0.05) is 18.8 Å². The molecule has 0 rings (SSSR count). The average Bonchev–Trinajstić information content (AvgIpc) is 2.46. The van der Waals surface area contributed by atoms with Crippen molar-refractivity contribution in [2.75, 3.05) is 26.0 Å². The second-order valence-electron chi connectivity index (χ2n) is 3.94. The van der Waals surface area contributed by atoms with Gasteiger partial charge in [0.05, 0.1) is 7.11 Å². The van der Waals surface area contributed by atoms with Crippen LogP contribution < -0.4 is 0 Å². The molecule has 23 heavy (non-hydrogen) atoms. The van der Waals surface area contributed by atoms with E-state index >= 15 is 0 Å². The third kappa shape index (κ3) is 4.87. The average molecular weight is 378 g/mol. The van der Waals surface area contributed by atoms with Crippen LogP contribution in [0.1, 0.15) is 20.8 Å². The predicted octanol–water partition coefficient (Wildman–Crippen LogP) is 2.28. The molecule has 0 aliphatic carbocycles. The third-order valence-electron chi connectivity index (χ3n) is 2.58. The minimum atomic E-state index is -5.26. The molecular weight excluding hydrogens is 360 g/mol. The highest BCUT2D eigenvalue weighted by Crippen LogP contribution is 2.64. The zero-order valence-corrected chi connectivity index (χ0v) is 14.8. The summed E-state index contributed by atoms with van der Waals surface area (Å²) in [7, 11) is 0.907. The normalized spacial score (nSPS) is 13.9. The molecule has 0 aliphatic heterocycles. The van der Waals surface area contributed by atoms with Crippen molar-refractivity contribution in [3.05, 3.63) is 0 Å². The van der Waals surface area contributed by atoms with E-state index in [9.17, 15) is 32.1 Å². The third-order valence-corrected chi connectivity index (χ3v) is 8.29. The summed E-state index contributed by atoms with van der Waals surface area (Å²) >= 11 is 0.503. The van der Waals surface area contributed by atoms with Gasteiger partial charge >= 0.3 is 30.6 Å². The van der Waals surface area contributed by atoms with E-state index in [1.54, 1.807) is 0 Å². The summed E-state index contributed by atoms with van der Waals surface area (Å²) < 4.78 is 56.1. The lowest BCUT2D eigenvalue weighted by atomic mass is 10.5. The van der Waals surface area contributed by atoms with Crippen LogP contribution in [0.15, 0.2) is 0 Å². The Hall–Kier alpha value is -1.22. The van der Waals surface area contributed by atoms with Gasteiger partial charge in [-0.1, -0.05) is 18.3 Å². The SMILES string of the molecule is CCSP(=O)(N(CC)C(=O)C(=O)OC)N(CC)C(=O)C(F)(F)F. The van der Waals surface area contributed by atoms with Crippen LogP contribution in [0.4, 0.5) is 13.2 Å². The molecule has 0 saturated heterocycles. The first-order valence-corrected chi connectivity index (χ1v) is 9.75. The fraction of sp³-hybridized carbons (Fsp3) is 0.727. The monoisotopic (exact) mass is 378 g/mol. The first-order chi connectivity index (χ1) is 10.5. The maximum Gasteiger partial charge on any atom is 0.471 e. The van der Waals surface area contributed by atoms with Gasteiger partial charge in [-0.2, -0.15) is 13.2 Å². The molecule has 0 aromatic heterocycles. The summed E-state index contributed by atoms with van der Waals surface area (Å²) in [5, 5.41) is 0. The Balaban J connectivity index is 6.03. The van der Waals surface area contributed by atoms with Crippen LogP contribution in [0.2, 0.25) is 0 Å². The second kappa shape index (κ2) is 8.58. The molecule has 0 bridgehead atoms. The number of nitrogens with zero attached hydrogens (tertiary/aromatic N) is 2. The summed E-state index contributed by atoms with van der Waals surface area (Å²) in [5.41, 5.74) is 0. The number of hydrogen-bond donors (Lipinski definition) is 0. The maximum atomic E-state index is 13.1. The summed E-state index contributed by atoms with van der Waals surface area (Å²) in [4.78, 5) is 34.9. The molecule has 0 aliphatic rings. The molecule has 0 N–H and O–H groups in total. The van der Waals surface area contributed by atoms with Gasteiger partial charge in [0.1, 0.15) is 0 Å². The van der Waals surface area contributed by atoms with Crippen molar-refractivity contribution in [3.63, 3.8) is 0 Å². The van der Waals surface area contributed by atoms with E-state index in [1.807, 2.05) is 0 Å². The maximum absolute atomic E-state index is 13.1. The van der Waals surface area contributed by atoms with Crippen LogP contribution in [0, 0.1) is 0 Å². The van der Waals surface area contributed by atoms with E-state index < -0.39 is 37.1 Å². The molecule has 0 fully saturated rings. The number of alkyl halides is 3. The van der Waals surface area contributed by atoms with Crippen LogP contribution >= 0.6 is 18.0 Å². The molecule has 1 atom stereocenters. The Bertz CT molecular complexity index is 514. The number of halogens is 3. The van der Waals surface area contributed by atoms with E-state index in [0.717, 1.165) is 7.11 Å². The van der Waals surface area contributed by atoms with Gasteiger partial charge in [-0.05, 0) is 13.8 Å². The fourth-order valence-electron chi connectivity index (χ4n) is 1.65. The van der Waals surface area contributed by atoms with E-state index in [2.05, 4.69) is 4.74 Å². The van der Waals surface area contributed by atoms with Crippen molar-refractivity contribution >= 4 is 35.8 Å². The van der Waals surface area contributed by atoms with Gasteiger partial charge in [-0.15, -0.1) is 0 Å². The number of likely N-dealkylation sites (N-methyl/N-ethyl adjacent to an activating group) is 1. The summed E-state index contributed by atoms with van der Waals surface area (Å²) in [6, 6.07) is 0. The number of rotatable bonds is 6. The number of esters is 1. The van der Waals surface area contributed by atoms with Crippen LogP contribution in [0.3, 0.4) is 0 Å². The molecule has 0 aromatic carbocycles. The number of carbonyl (C=O) groups excluding carboxylic acids is 3. The van der Waals surface area contributed by atoms with Crippen molar-refractivity contribution in [1.82, 2.24) is 9.34 Å². The molecule has 0 saturated carbocycles. The largest absolute Gasteiger partial charge is 0.471 e. The zero-order chi connectivity index (χ0) is 18.4. The summed E-state index contributed by atoms with van der Waals surface area (Å²) in [5.74, 6) is -5.02. The van der Waals surface area contributed by atoms with Gasteiger partial charge in [-0.25, -0.2) is 4.79 Å². The highest BCUT2D eigenvalue weighted by molar-refractivity contribution is 8.56. The van der Waals surface area contributed by atoms with Crippen molar-refractivity contribution in [2.24, 2.45) is 0 Å². The predicted molar refractivity (Wildman–Crippen MR) is 78.6 cm³/mol. The van der Waals surface area contributed by atoms with E-state index in [4.69, 9.17) is 0 Å². The topological polar surface area (TPSA) is 84.0 Å². The Morgan fingerprint density at radius 3 is 1.87 bits per heavy atom. The minimum absolute atomic E-state index is 0.0594. The Morgan fingerprint density at radius 1 is 1.09 bits per heavy atom. The van der Waals surface area contributed by atoms with Gasteiger partial charge < -0.3 is 4.74 Å². The van der Waals surface area contributed by atoms with Crippen molar-refractivity contribution < 1.29 is 36.9 Å². The van der Waals surface area contributed by atoms with Gasteiger partial charge in [-0.3, -0.25) is 23.5 Å². The van der Waals surface area contributed by atoms with E-state index in [-0.39, 0.29) is 17.0 Å². The number of carbonyl (C=O) groups is 3. The molecule has 0 spiro atoms. The lowest BCUT2D eigenvalue weighted by molar-refractivity contribution is -0.180. The van der Waals surface area contributed by atoms with Crippen LogP contribution in [-0.2, 0) is 23.7 Å². The minimum Gasteiger partial charge on any atom is -0.462 e. The van der Waals surface area contributed by atoms with Crippen LogP contribution in [0.5, 0.6) is 0 Å². The fourth-order valence-corrected chi connectivity index (χ4v) is 6.88. The van der Waals surface area contributed by atoms with Crippen LogP contribution in [-0.4, -0.2) is 59.3 Å². The Kier molecular flexibility index (Phi) is 8.13. The van der Waals surface area contributed by atoms with E-state index in [1.165, 1.54) is 20.8 Å². The zero-order valence-electron chi connectivity index (χ0n) is 13.0. The molecule has 0 heterocycles.